The molecular weight excluding hydrogens is 412 g/mol. The van der Waals surface area contributed by atoms with Crippen molar-refractivity contribution in [2.75, 3.05) is 24.3 Å². The van der Waals surface area contributed by atoms with Gasteiger partial charge in [-0.1, -0.05) is 6.07 Å². The normalized spacial score (nSPS) is 10.9. The van der Waals surface area contributed by atoms with Gasteiger partial charge in [-0.15, -0.1) is 0 Å². The number of carbonyl (C=O) groups excluding carboxylic acids is 1. The summed E-state index contributed by atoms with van der Waals surface area (Å²) in [6.07, 6.45) is 0. The average Bonchev–Trinajstić information content (AvgIpc) is 2.53. The predicted molar refractivity (Wildman–Crippen MR) is 98.8 cm³/mol. The number of ether oxygens (including phenoxy) is 2. The van der Waals surface area contributed by atoms with Crippen molar-refractivity contribution in [2.24, 2.45) is 0 Å². The molecule has 2 aromatic rings. The number of methoxy groups -OCH3 is 2. The molecule has 0 heterocycles. The monoisotopic (exact) mass is 428 g/mol. The van der Waals surface area contributed by atoms with Crippen molar-refractivity contribution in [3.05, 3.63) is 40.9 Å². The van der Waals surface area contributed by atoms with Crippen LogP contribution in [0.2, 0.25) is 0 Å². The summed E-state index contributed by atoms with van der Waals surface area (Å²) < 4.78 is 38.5. The molecule has 0 fully saturated rings. The molecule has 0 unspecified atom stereocenters. The summed E-state index contributed by atoms with van der Waals surface area (Å²) in [5, 5.41) is 2.60. The second kappa shape index (κ2) is 7.75. The fourth-order valence-electron chi connectivity index (χ4n) is 2.12. The molecule has 0 bridgehead atoms. The lowest BCUT2D eigenvalue weighted by atomic mass is 10.3. The number of nitrogens with one attached hydrogen (secondary N) is 2. The first-order chi connectivity index (χ1) is 11.8. The number of hydrogen-bond donors (Lipinski definition) is 2. The van der Waals surface area contributed by atoms with E-state index in [1.165, 1.54) is 39.3 Å². The van der Waals surface area contributed by atoms with E-state index in [1.54, 1.807) is 18.2 Å². The van der Waals surface area contributed by atoms with E-state index < -0.39 is 10.0 Å². The summed E-state index contributed by atoms with van der Waals surface area (Å²) in [4.78, 5) is 11.1. The topological polar surface area (TPSA) is 93.7 Å². The number of rotatable bonds is 6. The number of carbonyl (C=O) groups is 1. The zero-order chi connectivity index (χ0) is 18.6. The lowest BCUT2D eigenvalue weighted by Crippen LogP contribution is -2.14. The summed E-state index contributed by atoms with van der Waals surface area (Å²) in [5.74, 6) is 0.446. The van der Waals surface area contributed by atoms with Crippen LogP contribution in [-0.4, -0.2) is 28.5 Å². The van der Waals surface area contributed by atoms with Crippen LogP contribution in [0.1, 0.15) is 6.92 Å². The zero-order valence-corrected chi connectivity index (χ0v) is 16.2. The summed E-state index contributed by atoms with van der Waals surface area (Å²) in [5.41, 5.74) is 0.798. The van der Waals surface area contributed by atoms with Gasteiger partial charge < -0.3 is 14.8 Å². The van der Waals surface area contributed by atoms with Crippen molar-refractivity contribution < 1.29 is 22.7 Å². The van der Waals surface area contributed by atoms with Crippen molar-refractivity contribution >= 4 is 43.2 Å². The fourth-order valence-corrected chi connectivity index (χ4v) is 4.20. The Kier molecular flexibility index (Phi) is 5.91. The van der Waals surface area contributed by atoms with Crippen LogP contribution in [0.4, 0.5) is 11.4 Å². The Balaban J connectivity index is 2.38. The number of sulfonamides is 1. The molecule has 0 spiro atoms. The molecule has 0 aromatic heterocycles. The van der Waals surface area contributed by atoms with Gasteiger partial charge >= 0.3 is 0 Å². The smallest absolute Gasteiger partial charge is 0.263 e. The molecule has 0 saturated heterocycles. The van der Waals surface area contributed by atoms with Gasteiger partial charge in [0.15, 0.2) is 11.5 Å². The maximum atomic E-state index is 12.7. The lowest BCUT2D eigenvalue weighted by molar-refractivity contribution is -0.114. The van der Waals surface area contributed by atoms with Gasteiger partial charge in [0.25, 0.3) is 10.0 Å². The maximum absolute atomic E-state index is 12.7. The van der Waals surface area contributed by atoms with Gasteiger partial charge in [-0.2, -0.15) is 0 Å². The van der Waals surface area contributed by atoms with E-state index in [-0.39, 0.29) is 16.6 Å². The fraction of sp³-hybridized carbons (Fsp3) is 0.188. The second-order valence-corrected chi connectivity index (χ2v) is 7.51. The summed E-state index contributed by atoms with van der Waals surface area (Å²) >= 11 is 3.24. The first kappa shape index (κ1) is 19.1. The minimum atomic E-state index is -3.89. The molecule has 25 heavy (non-hydrogen) atoms. The first-order valence-corrected chi connectivity index (χ1v) is 9.36. The molecule has 134 valence electrons. The standard InChI is InChI=1S/C16H17BrN2O5S/c1-10(20)18-11-5-4-6-12(7-11)19-25(21,22)16-9-15(24-3)14(23-2)8-13(16)17/h4-9,19H,1-3H3,(H,18,20). The minimum absolute atomic E-state index is 0.00456. The largest absolute Gasteiger partial charge is 0.493 e. The molecule has 0 saturated carbocycles. The van der Waals surface area contributed by atoms with E-state index in [0.29, 0.717) is 21.6 Å². The van der Waals surface area contributed by atoms with Gasteiger partial charge in [0.1, 0.15) is 4.90 Å². The number of hydrogen-bond acceptors (Lipinski definition) is 5. The summed E-state index contributed by atoms with van der Waals surface area (Å²) in [6, 6.07) is 9.27. The molecule has 7 nitrogen and oxygen atoms in total. The molecule has 2 aromatic carbocycles. The van der Waals surface area contributed by atoms with Crippen molar-refractivity contribution in [3.8, 4) is 11.5 Å². The number of amides is 1. The van der Waals surface area contributed by atoms with Gasteiger partial charge in [-0.25, -0.2) is 8.42 Å². The number of halogens is 1. The van der Waals surface area contributed by atoms with Crippen LogP contribution in [0.25, 0.3) is 0 Å². The second-order valence-electron chi connectivity index (χ2n) is 5.01. The number of anilines is 2. The van der Waals surface area contributed by atoms with Crippen molar-refractivity contribution in [1.29, 1.82) is 0 Å². The lowest BCUT2D eigenvalue weighted by Gasteiger charge is -2.14. The van der Waals surface area contributed by atoms with Crippen LogP contribution >= 0.6 is 15.9 Å². The van der Waals surface area contributed by atoms with Gasteiger partial charge in [0.2, 0.25) is 5.91 Å². The minimum Gasteiger partial charge on any atom is -0.493 e. The van der Waals surface area contributed by atoms with Crippen molar-refractivity contribution in [1.82, 2.24) is 0 Å². The van der Waals surface area contributed by atoms with Crippen LogP contribution in [0.5, 0.6) is 11.5 Å². The number of benzene rings is 2. The highest BCUT2D eigenvalue weighted by Gasteiger charge is 2.21. The summed E-state index contributed by atoms with van der Waals surface area (Å²) in [7, 11) is -1.01. The Morgan fingerprint density at radius 3 is 2.24 bits per heavy atom. The molecule has 2 N–H and O–H groups in total. The van der Waals surface area contributed by atoms with E-state index in [1.807, 2.05) is 0 Å². The highest BCUT2D eigenvalue weighted by Crippen LogP contribution is 2.36. The highest BCUT2D eigenvalue weighted by molar-refractivity contribution is 9.10. The third kappa shape index (κ3) is 4.64. The van der Waals surface area contributed by atoms with Crippen molar-refractivity contribution in [2.45, 2.75) is 11.8 Å². The third-order valence-electron chi connectivity index (χ3n) is 3.16. The highest BCUT2D eigenvalue weighted by atomic mass is 79.9. The molecule has 0 atom stereocenters. The molecule has 2 rings (SSSR count). The Morgan fingerprint density at radius 2 is 1.64 bits per heavy atom. The molecule has 1 amide bonds. The van der Waals surface area contributed by atoms with E-state index in [4.69, 9.17) is 9.47 Å². The molecule has 0 aliphatic heterocycles. The molecule has 0 radical (unpaired) electrons. The van der Waals surface area contributed by atoms with Crippen LogP contribution in [0.3, 0.4) is 0 Å². The quantitative estimate of drug-likeness (QED) is 0.736. The zero-order valence-electron chi connectivity index (χ0n) is 13.8. The molecule has 0 aliphatic rings. The van der Waals surface area contributed by atoms with E-state index in [2.05, 4.69) is 26.0 Å². The van der Waals surface area contributed by atoms with Crippen LogP contribution in [0, 0.1) is 0 Å². The van der Waals surface area contributed by atoms with Crippen molar-refractivity contribution in [3.63, 3.8) is 0 Å². The van der Waals surface area contributed by atoms with Crippen LogP contribution in [0.15, 0.2) is 45.8 Å². The Morgan fingerprint density at radius 1 is 1.04 bits per heavy atom. The Labute approximate surface area is 154 Å². The summed E-state index contributed by atoms with van der Waals surface area (Å²) in [6.45, 7) is 1.37. The van der Waals surface area contributed by atoms with Gasteiger partial charge in [0, 0.05) is 23.2 Å². The van der Waals surface area contributed by atoms with Gasteiger partial charge in [-0.05, 0) is 40.2 Å². The van der Waals surface area contributed by atoms with Gasteiger partial charge in [0.05, 0.1) is 19.9 Å². The molecule has 9 heteroatoms. The SMILES string of the molecule is COc1cc(Br)c(S(=O)(=O)Nc2cccc(NC(C)=O)c2)cc1OC. The van der Waals surface area contributed by atoms with Gasteiger partial charge in [-0.3, -0.25) is 9.52 Å². The van der Waals surface area contributed by atoms with E-state index in [9.17, 15) is 13.2 Å². The third-order valence-corrected chi connectivity index (χ3v) is 5.50. The Bertz CT molecular complexity index is 899. The molecular formula is C16H17BrN2O5S. The maximum Gasteiger partial charge on any atom is 0.263 e. The van der Waals surface area contributed by atoms with E-state index >= 15 is 0 Å². The average molecular weight is 429 g/mol. The van der Waals surface area contributed by atoms with Crippen LogP contribution < -0.4 is 19.5 Å². The Hall–Kier alpha value is -2.26. The van der Waals surface area contributed by atoms with Crippen LogP contribution in [-0.2, 0) is 14.8 Å². The predicted octanol–water partition coefficient (Wildman–Crippen LogP) is 3.23. The van der Waals surface area contributed by atoms with E-state index in [0.717, 1.165) is 0 Å². The molecule has 0 aliphatic carbocycles. The first-order valence-electron chi connectivity index (χ1n) is 7.09.